The van der Waals surface area contributed by atoms with E-state index in [9.17, 15) is 9.59 Å². The molecule has 1 fully saturated rings. The number of imide groups is 1. The van der Waals surface area contributed by atoms with Gasteiger partial charge in [-0.2, -0.15) is 0 Å². The van der Waals surface area contributed by atoms with Crippen molar-refractivity contribution >= 4 is 35.0 Å². The first-order valence-electron chi connectivity index (χ1n) is 5.81. The summed E-state index contributed by atoms with van der Waals surface area (Å²) >= 11 is 3.47. The molecule has 1 aliphatic rings. The highest BCUT2D eigenvalue weighted by molar-refractivity contribution is 8.01. The second-order valence-corrected chi connectivity index (χ2v) is 6.99. The Labute approximate surface area is 115 Å². The molecule has 1 aromatic heterocycles. The summed E-state index contributed by atoms with van der Waals surface area (Å²) < 4.78 is 1.27. The Morgan fingerprint density at radius 2 is 2.22 bits per heavy atom. The van der Waals surface area contributed by atoms with Crippen molar-refractivity contribution in [3.05, 3.63) is 17.5 Å². The molecule has 0 atom stereocenters. The SMILES string of the molecule is CC1(C)NC(=O)N(CCCSc2cccs2)C1=O. The van der Waals surface area contributed by atoms with Gasteiger partial charge in [0.2, 0.25) is 0 Å². The van der Waals surface area contributed by atoms with Crippen LogP contribution in [0.25, 0.3) is 0 Å². The Morgan fingerprint density at radius 1 is 1.44 bits per heavy atom. The third-order valence-corrected chi connectivity index (χ3v) is 4.93. The summed E-state index contributed by atoms with van der Waals surface area (Å²) in [6.07, 6.45) is 0.817. The highest BCUT2D eigenvalue weighted by Gasteiger charge is 2.43. The molecule has 0 aromatic carbocycles. The number of carbonyl (C=O) groups is 2. The van der Waals surface area contributed by atoms with Crippen molar-refractivity contribution in [3.8, 4) is 0 Å². The highest BCUT2D eigenvalue weighted by Crippen LogP contribution is 2.24. The average molecular weight is 284 g/mol. The zero-order valence-electron chi connectivity index (χ0n) is 10.4. The van der Waals surface area contributed by atoms with Gasteiger partial charge in [-0.25, -0.2) is 4.79 Å². The average Bonchev–Trinajstić information content (AvgIpc) is 2.85. The van der Waals surface area contributed by atoms with E-state index in [0.29, 0.717) is 6.54 Å². The lowest BCUT2D eigenvalue weighted by Gasteiger charge is -2.15. The molecule has 1 saturated heterocycles. The van der Waals surface area contributed by atoms with E-state index in [4.69, 9.17) is 0 Å². The van der Waals surface area contributed by atoms with Gasteiger partial charge in [0.25, 0.3) is 5.91 Å². The number of amides is 3. The van der Waals surface area contributed by atoms with Crippen LogP contribution in [0.5, 0.6) is 0 Å². The second kappa shape index (κ2) is 5.32. The van der Waals surface area contributed by atoms with Crippen LogP contribution in [-0.4, -0.2) is 34.7 Å². The van der Waals surface area contributed by atoms with Crippen molar-refractivity contribution < 1.29 is 9.59 Å². The molecule has 1 aliphatic heterocycles. The van der Waals surface area contributed by atoms with E-state index in [-0.39, 0.29) is 11.9 Å². The Hall–Kier alpha value is -1.01. The first-order valence-corrected chi connectivity index (χ1v) is 7.67. The van der Waals surface area contributed by atoms with Crippen molar-refractivity contribution in [3.63, 3.8) is 0 Å². The molecule has 0 unspecified atom stereocenters. The number of urea groups is 1. The van der Waals surface area contributed by atoms with Gasteiger partial charge < -0.3 is 5.32 Å². The summed E-state index contributed by atoms with van der Waals surface area (Å²) in [6.45, 7) is 3.95. The van der Waals surface area contributed by atoms with Gasteiger partial charge in [-0.15, -0.1) is 23.1 Å². The highest BCUT2D eigenvalue weighted by atomic mass is 32.2. The molecule has 1 N–H and O–H groups in total. The number of thiophene rings is 1. The molecule has 1 aromatic rings. The quantitative estimate of drug-likeness (QED) is 0.513. The largest absolute Gasteiger partial charge is 0.325 e. The Bertz CT molecular complexity index is 443. The third-order valence-electron chi connectivity index (χ3n) is 2.71. The lowest BCUT2D eigenvalue weighted by Crippen LogP contribution is -2.40. The molecule has 0 spiro atoms. The van der Waals surface area contributed by atoms with E-state index in [2.05, 4.69) is 11.4 Å². The van der Waals surface area contributed by atoms with Gasteiger partial charge in [0, 0.05) is 12.3 Å². The van der Waals surface area contributed by atoms with E-state index < -0.39 is 5.54 Å². The van der Waals surface area contributed by atoms with E-state index in [1.807, 2.05) is 11.4 Å². The van der Waals surface area contributed by atoms with Gasteiger partial charge in [-0.1, -0.05) is 6.07 Å². The molecule has 0 aliphatic carbocycles. The van der Waals surface area contributed by atoms with Crippen LogP contribution in [0.4, 0.5) is 4.79 Å². The Balaban J connectivity index is 1.77. The standard InChI is InChI=1S/C12H16N2O2S2/c1-12(2)10(15)14(11(16)13-12)6-4-8-18-9-5-3-7-17-9/h3,5,7H,4,6,8H2,1-2H3,(H,13,16). The monoisotopic (exact) mass is 284 g/mol. The van der Waals surface area contributed by atoms with Crippen molar-refractivity contribution in [2.24, 2.45) is 0 Å². The fourth-order valence-corrected chi connectivity index (χ4v) is 3.55. The molecular formula is C12H16N2O2S2. The van der Waals surface area contributed by atoms with E-state index >= 15 is 0 Å². The fourth-order valence-electron chi connectivity index (χ4n) is 1.76. The molecule has 4 nitrogen and oxygen atoms in total. The van der Waals surface area contributed by atoms with Gasteiger partial charge in [-0.3, -0.25) is 9.69 Å². The predicted molar refractivity (Wildman–Crippen MR) is 74.0 cm³/mol. The number of hydrogen-bond acceptors (Lipinski definition) is 4. The first-order chi connectivity index (χ1) is 8.50. The van der Waals surface area contributed by atoms with Gasteiger partial charge in [0.15, 0.2) is 0 Å². The summed E-state index contributed by atoms with van der Waals surface area (Å²) in [5, 5.41) is 4.72. The fraction of sp³-hybridized carbons (Fsp3) is 0.500. The van der Waals surface area contributed by atoms with Crippen molar-refractivity contribution in [1.82, 2.24) is 10.2 Å². The second-order valence-electron chi connectivity index (χ2n) is 4.65. The van der Waals surface area contributed by atoms with E-state index in [1.54, 1.807) is 36.9 Å². The third kappa shape index (κ3) is 2.87. The maximum absolute atomic E-state index is 11.9. The molecule has 18 heavy (non-hydrogen) atoms. The summed E-state index contributed by atoms with van der Waals surface area (Å²) in [7, 11) is 0. The number of rotatable bonds is 5. The summed E-state index contributed by atoms with van der Waals surface area (Å²) in [5.41, 5.74) is -0.752. The van der Waals surface area contributed by atoms with Crippen LogP contribution in [0, 0.1) is 0 Å². The lowest BCUT2D eigenvalue weighted by molar-refractivity contribution is -0.130. The number of carbonyl (C=O) groups excluding carboxylic acids is 2. The summed E-state index contributed by atoms with van der Waals surface area (Å²) in [5.74, 6) is 0.784. The lowest BCUT2D eigenvalue weighted by atomic mass is 10.1. The van der Waals surface area contributed by atoms with Crippen LogP contribution in [0.1, 0.15) is 20.3 Å². The molecule has 2 heterocycles. The molecule has 0 saturated carbocycles. The number of nitrogens with one attached hydrogen (secondary N) is 1. The Kier molecular flexibility index (Phi) is 3.97. The zero-order valence-corrected chi connectivity index (χ0v) is 12.1. The van der Waals surface area contributed by atoms with Gasteiger partial charge in [-0.05, 0) is 31.7 Å². The summed E-state index contributed by atoms with van der Waals surface area (Å²) in [6, 6.07) is 3.82. The first kappa shape index (κ1) is 13.4. The predicted octanol–water partition coefficient (Wildman–Crippen LogP) is 2.56. The van der Waals surface area contributed by atoms with E-state index in [0.717, 1.165) is 12.2 Å². The molecular weight excluding hydrogens is 268 g/mol. The molecule has 3 amide bonds. The van der Waals surface area contributed by atoms with Crippen LogP contribution < -0.4 is 5.32 Å². The number of thioether (sulfide) groups is 1. The van der Waals surface area contributed by atoms with E-state index in [1.165, 1.54) is 9.11 Å². The minimum Gasteiger partial charge on any atom is -0.324 e. The number of nitrogens with zero attached hydrogens (tertiary/aromatic N) is 1. The van der Waals surface area contributed by atoms with Gasteiger partial charge in [0.1, 0.15) is 5.54 Å². The maximum Gasteiger partial charge on any atom is 0.325 e. The number of hydrogen-bond donors (Lipinski definition) is 1. The molecule has 2 rings (SSSR count). The van der Waals surface area contributed by atoms with Crippen LogP contribution in [0.3, 0.4) is 0 Å². The Morgan fingerprint density at radius 3 is 2.78 bits per heavy atom. The van der Waals surface area contributed by atoms with Gasteiger partial charge in [0.05, 0.1) is 4.21 Å². The summed E-state index contributed by atoms with van der Waals surface area (Å²) in [4.78, 5) is 24.8. The molecule has 0 bridgehead atoms. The van der Waals surface area contributed by atoms with Crippen molar-refractivity contribution in [2.75, 3.05) is 12.3 Å². The van der Waals surface area contributed by atoms with Crippen LogP contribution in [0.15, 0.2) is 21.7 Å². The smallest absolute Gasteiger partial charge is 0.324 e. The topological polar surface area (TPSA) is 49.4 Å². The minimum absolute atomic E-state index is 0.131. The molecule has 0 radical (unpaired) electrons. The van der Waals surface area contributed by atoms with Crippen LogP contribution >= 0.6 is 23.1 Å². The van der Waals surface area contributed by atoms with Crippen molar-refractivity contribution in [1.29, 1.82) is 0 Å². The van der Waals surface area contributed by atoms with Crippen LogP contribution in [-0.2, 0) is 4.79 Å². The van der Waals surface area contributed by atoms with Gasteiger partial charge >= 0.3 is 6.03 Å². The zero-order chi connectivity index (χ0) is 13.2. The van der Waals surface area contributed by atoms with Crippen molar-refractivity contribution in [2.45, 2.75) is 30.0 Å². The molecule has 98 valence electrons. The van der Waals surface area contributed by atoms with Crippen LogP contribution in [0.2, 0.25) is 0 Å². The minimum atomic E-state index is -0.752. The molecule has 6 heteroatoms. The normalized spacial score (nSPS) is 18.2. The maximum atomic E-state index is 11.9.